The van der Waals surface area contributed by atoms with Crippen LogP contribution in [0.4, 0.5) is 0 Å². The van der Waals surface area contributed by atoms with Crippen LogP contribution in [0.2, 0.25) is 5.02 Å². The SMILES string of the molecule is Cn1[nH]c(=O)c(=O)nc1SCc1ccc(C#N)cc1Cl. The van der Waals surface area contributed by atoms with Crippen LogP contribution in [-0.2, 0) is 12.8 Å². The summed E-state index contributed by atoms with van der Waals surface area (Å²) in [7, 11) is 1.59. The summed E-state index contributed by atoms with van der Waals surface area (Å²) in [6.45, 7) is 0. The first-order chi connectivity index (χ1) is 9.51. The minimum Gasteiger partial charge on any atom is -0.265 e. The van der Waals surface area contributed by atoms with Crippen molar-refractivity contribution in [3.05, 3.63) is 55.1 Å². The average Bonchev–Trinajstić information content (AvgIpc) is 2.42. The molecule has 102 valence electrons. The number of nitrogens with zero attached hydrogens (tertiary/aromatic N) is 3. The molecule has 0 amide bonds. The van der Waals surface area contributed by atoms with Crippen molar-refractivity contribution in [3.63, 3.8) is 0 Å². The van der Waals surface area contributed by atoms with Crippen LogP contribution in [0.25, 0.3) is 0 Å². The second-order valence-corrected chi connectivity index (χ2v) is 5.26. The number of halogens is 1. The zero-order valence-electron chi connectivity index (χ0n) is 10.4. The predicted octanol–water partition coefficient (Wildman–Crippen LogP) is 1.29. The van der Waals surface area contributed by atoms with E-state index in [4.69, 9.17) is 16.9 Å². The van der Waals surface area contributed by atoms with Gasteiger partial charge in [0.05, 0.1) is 11.6 Å². The molecule has 6 nitrogen and oxygen atoms in total. The van der Waals surface area contributed by atoms with Gasteiger partial charge in [-0.3, -0.25) is 19.4 Å². The third-order valence-electron chi connectivity index (χ3n) is 2.49. The molecule has 0 bridgehead atoms. The molecule has 0 atom stereocenters. The predicted molar refractivity (Wildman–Crippen MR) is 75.8 cm³/mol. The number of benzene rings is 1. The van der Waals surface area contributed by atoms with E-state index < -0.39 is 11.1 Å². The van der Waals surface area contributed by atoms with Crippen LogP contribution in [0.5, 0.6) is 0 Å². The maximum atomic E-state index is 11.2. The smallest absolute Gasteiger partial charge is 0.265 e. The highest BCUT2D eigenvalue weighted by atomic mass is 35.5. The number of hydrogen-bond acceptors (Lipinski definition) is 5. The van der Waals surface area contributed by atoms with E-state index in [-0.39, 0.29) is 0 Å². The number of aryl methyl sites for hydroxylation is 1. The van der Waals surface area contributed by atoms with Gasteiger partial charge in [0.25, 0.3) is 0 Å². The Morgan fingerprint density at radius 3 is 2.90 bits per heavy atom. The molecule has 1 heterocycles. The highest BCUT2D eigenvalue weighted by Gasteiger charge is 2.07. The van der Waals surface area contributed by atoms with E-state index in [0.717, 1.165) is 5.56 Å². The van der Waals surface area contributed by atoms with E-state index in [1.165, 1.54) is 16.4 Å². The molecule has 0 aliphatic rings. The van der Waals surface area contributed by atoms with Crippen molar-refractivity contribution in [2.24, 2.45) is 7.05 Å². The van der Waals surface area contributed by atoms with Crippen LogP contribution in [-0.4, -0.2) is 14.8 Å². The summed E-state index contributed by atoms with van der Waals surface area (Å²) in [5.74, 6) is 0.469. The fourth-order valence-electron chi connectivity index (χ4n) is 1.47. The van der Waals surface area contributed by atoms with Gasteiger partial charge in [-0.25, -0.2) is 0 Å². The van der Waals surface area contributed by atoms with Gasteiger partial charge in [-0.1, -0.05) is 29.4 Å². The number of H-pyrrole nitrogens is 1. The molecule has 2 aromatic rings. The van der Waals surface area contributed by atoms with Gasteiger partial charge in [0.1, 0.15) is 0 Å². The van der Waals surface area contributed by atoms with Crippen molar-refractivity contribution >= 4 is 23.4 Å². The van der Waals surface area contributed by atoms with E-state index in [2.05, 4.69) is 10.1 Å². The van der Waals surface area contributed by atoms with E-state index in [1.807, 2.05) is 6.07 Å². The normalized spacial score (nSPS) is 10.2. The topological polar surface area (TPSA) is 91.5 Å². The van der Waals surface area contributed by atoms with Crippen LogP contribution in [0.1, 0.15) is 11.1 Å². The molecule has 0 aliphatic heterocycles. The van der Waals surface area contributed by atoms with Gasteiger partial charge in [-0.05, 0) is 17.7 Å². The van der Waals surface area contributed by atoms with Crippen LogP contribution in [0.15, 0.2) is 32.9 Å². The molecule has 1 N–H and O–H groups in total. The maximum Gasteiger partial charge on any atom is 0.339 e. The fourth-order valence-corrected chi connectivity index (χ4v) is 2.72. The summed E-state index contributed by atoms with van der Waals surface area (Å²) in [5.41, 5.74) is -0.279. The Morgan fingerprint density at radius 2 is 2.25 bits per heavy atom. The molecule has 0 radical (unpaired) electrons. The molecule has 20 heavy (non-hydrogen) atoms. The van der Waals surface area contributed by atoms with Crippen LogP contribution in [0, 0.1) is 11.3 Å². The molecule has 0 aliphatic carbocycles. The molecule has 0 spiro atoms. The first-order valence-corrected chi connectivity index (χ1v) is 6.86. The lowest BCUT2D eigenvalue weighted by atomic mass is 10.2. The molecule has 0 saturated heterocycles. The zero-order valence-corrected chi connectivity index (χ0v) is 12.0. The Morgan fingerprint density at radius 1 is 1.50 bits per heavy atom. The number of nitriles is 1. The molecule has 2 rings (SSSR count). The van der Waals surface area contributed by atoms with Crippen molar-refractivity contribution < 1.29 is 0 Å². The molecule has 0 unspecified atom stereocenters. The van der Waals surface area contributed by atoms with Crippen LogP contribution >= 0.6 is 23.4 Å². The number of nitrogens with one attached hydrogen (secondary N) is 1. The van der Waals surface area contributed by atoms with Crippen LogP contribution in [0.3, 0.4) is 0 Å². The van der Waals surface area contributed by atoms with Gasteiger partial charge in [-0.2, -0.15) is 10.2 Å². The van der Waals surface area contributed by atoms with Crippen molar-refractivity contribution in [1.82, 2.24) is 14.8 Å². The summed E-state index contributed by atoms with van der Waals surface area (Å²) >= 11 is 7.32. The molecule has 0 fully saturated rings. The summed E-state index contributed by atoms with van der Waals surface area (Å²) in [6.07, 6.45) is 0. The summed E-state index contributed by atoms with van der Waals surface area (Å²) in [6, 6.07) is 7.00. The molecular formula is C12H9ClN4O2S. The zero-order chi connectivity index (χ0) is 14.7. The Balaban J connectivity index is 2.21. The number of hydrogen-bond donors (Lipinski definition) is 1. The first-order valence-electron chi connectivity index (χ1n) is 5.50. The summed E-state index contributed by atoms with van der Waals surface area (Å²) in [5, 5.41) is 12.0. The van der Waals surface area contributed by atoms with Crippen molar-refractivity contribution in [3.8, 4) is 6.07 Å². The van der Waals surface area contributed by atoms with E-state index in [9.17, 15) is 9.59 Å². The Bertz CT molecular complexity index is 806. The lowest BCUT2D eigenvalue weighted by Crippen LogP contribution is -2.33. The van der Waals surface area contributed by atoms with Crippen molar-refractivity contribution in [1.29, 1.82) is 5.26 Å². The minimum absolute atomic E-state index is 0.384. The Kier molecular flexibility index (Phi) is 4.27. The van der Waals surface area contributed by atoms with Gasteiger partial charge in [0.15, 0.2) is 5.16 Å². The van der Waals surface area contributed by atoms with Gasteiger partial charge in [0, 0.05) is 17.8 Å². The fraction of sp³-hybridized carbons (Fsp3) is 0.167. The van der Waals surface area contributed by atoms with Crippen molar-refractivity contribution in [2.75, 3.05) is 0 Å². The van der Waals surface area contributed by atoms with Gasteiger partial charge < -0.3 is 0 Å². The number of aromatic amines is 1. The molecule has 0 saturated carbocycles. The minimum atomic E-state index is -0.823. The lowest BCUT2D eigenvalue weighted by Gasteiger charge is -2.07. The van der Waals surface area contributed by atoms with Gasteiger partial charge in [-0.15, -0.1) is 0 Å². The van der Waals surface area contributed by atoms with Crippen molar-refractivity contribution in [2.45, 2.75) is 10.9 Å². The number of rotatable bonds is 3. The standard InChI is InChI=1S/C12H9ClN4O2S/c1-17-12(15-10(18)11(19)16-17)20-6-8-3-2-7(5-14)4-9(8)13/h2-4H,6H2,1H3,(H,16,19). The first kappa shape index (κ1) is 14.4. The highest BCUT2D eigenvalue weighted by molar-refractivity contribution is 7.98. The second-order valence-electron chi connectivity index (χ2n) is 3.91. The Hall–Kier alpha value is -2.04. The third kappa shape index (κ3) is 3.10. The van der Waals surface area contributed by atoms with E-state index in [1.54, 1.807) is 25.2 Å². The largest absolute Gasteiger partial charge is 0.339 e. The lowest BCUT2D eigenvalue weighted by molar-refractivity contribution is 0.596. The molecular weight excluding hydrogens is 300 g/mol. The summed E-state index contributed by atoms with van der Waals surface area (Å²) in [4.78, 5) is 26.0. The molecule has 1 aromatic carbocycles. The van der Waals surface area contributed by atoms with Gasteiger partial charge >= 0.3 is 11.1 Å². The number of thioether (sulfide) groups is 1. The van der Waals surface area contributed by atoms with Crippen LogP contribution < -0.4 is 11.1 Å². The average molecular weight is 309 g/mol. The molecule has 8 heteroatoms. The quantitative estimate of drug-likeness (QED) is 0.681. The monoisotopic (exact) mass is 308 g/mol. The van der Waals surface area contributed by atoms with E-state index in [0.29, 0.717) is 21.5 Å². The summed E-state index contributed by atoms with van der Waals surface area (Å²) < 4.78 is 1.38. The molecule has 1 aromatic heterocycles. The van der Waals surface area contributed by atoms with E-state index >= 15 is 0 Å². The van der Waals surface area contributed by atoms with Gasteiger partial charge in [0.2, 0.25) is 0 Å². The highest BCUT2D eigenvalue weighted by Crippen LogP contribution is 2.25. The number of aromatic nitrogens is 3. The Labute approximate surface area is 123 Å². The maximum absolute atomic E-state index is 11.2. The second kappa shape index (κ2) is 5.94. The third-order valence-corrected chi connectivity index (χ3v) is 3.92.